The normalized spacial score (nSPS) is 23.2. The third kappa shape index (κ3) is 4.58. The molecule has 1 rings (SSSR count). The van der Waals surface area contributed by atoms with Crippen LogP contribution in [-0.2, 0) is 14.4 Å². The number of morpholine rings is 1. The van der Waals surface area contributed by atoms with E-state index in [0.717, 1.165) is 0 Å². The van der Waals surface area contributed by atoms with Gasteiger partial charge >= 0.3 is 12.0 Å². The molecule has 1 fully saturated rings. The van der Waals surface area contributed by atoms with Crippen molar-refractivity contribution in [3.8, 4) is 0 Å². The molecule has 7 nitrogen and oxygen atoms in total. The molecule has 7 heteroatoms. The van der Waals surface area contributed by atoms with Gasteiger partial charge in [-0.2, -0.15) is 0 Å². The highest BCUT2D eigenvalue weighted by Gasteiger charge is 2.33. The number of amides is 2. The van der Waals surface area contributed by atoms with Gasteiger partial charge in [0.2, 0.25) is 0 Å². The van der Waals surface area contributed by atoms with Crippen molar-refractivity contribution in [3.05, 3.63) is 0 Å². The molecule has 1 saturated heterocycles. The molecule has 0 aromatic heterocycles. The van der Waals surface area contributed by atoms with Gasteiger partial charge in [-0.15, -0.1) is 0 Å². The predicted molar refractivity (Wildman–Crippen MR) is 58.3 cm³/mol. The van der Waals surface area contributed by atoms with E-state index >= 15 is 0 Å². The number of nitrogens with one attached hydrogen (secondary N) is 1. The van der Waals surface area contributed by atoms with Gasteiger partial charge in [-0.25, -0.2) is 15.1 Å². The number of rotatable bonds is 3. The maximum Gasteiger partial charge on any atom is 0.341 e. The van der Waals surface area contributed by atoms with Gasteiger partial charge < -0.3 is 14.7 Å². The number of hydroxylamine groups is 1. The van der Waals surface area contributed by atoms with Gasteiger partial charge in [0.15, 0.2) is 6.61 Å². The van der Waals surface area contributed by atoms with E-state index in [1.807, 2.05) is 20.8 Å². The molecule has 0 aromatic carbocycles. The minimum Gasteiger partial charge on any atom is -0.479 e. The fraction of sp³-hybridized carbons (Fsp3) is 0.800. The smallest absolute Gasteiger partial charge is 0.341 e. The highest BCUT2D eigenvalue weighted by molar-refractivity contribution is 5.74. The zero-order chi connectivity index (χ0) is 13.1. The second-order valence-electron chi connectivity index (χ2n) is 4.66. The van der Waals surface area contributed by atoms with Gasteiger partial charge in [0.1, 0.15) is 0 Å². The lowest BCUT2D eigenvalue weighted by atomic mass is 10.1. The van der Waals surface area contributed by atoms with Gasteiger partial charge in [0, 0.05) is 6.54 Å². The van der Waals surface area contributed by atoms with Crippen molar-refractivity contribution in [2.75, 3.05) is 19.7 Å². The SMILES string of the molecule is CC1CN(C(=O)NOCC(=O)O)CC(C)(C)O1. The van der Waals surface area contributed by atoms with E-state index in [1.54, 1.807) is 0 Å². The van der Waals surface area contributed by atoms with Crippen LogP contribution >= 0.6 is 0 Å². The monoisotopic (exact) mass is 246 g/mol. The summed E-state index contributed by atoms with van der Waals surface area (Å²) >= 11 is 0. The molecule has 0 saturated carbocycles. The number of carbonyl (C=O) groups is 2. The van der Waals surface area contributed by atoms with Gasteiger partial charge in [0.05, 0.1) is 18.2 Å². The van der Waals surface area contributed by atoms with Crippen molar-refractivity contribution in [2.45, 2.75) is 32.5 Å². The fourth-order valence-corrected chi connectivity index (χ4v) is 1.83. The molecule has 0 radical (unpaired) electrons. The Kier molecular flexibility index (Phi) is 4.30. The molecule has 1 aliphatic rings. The Morgan fingerprint density at radius 3 is 2.76 bits per heavy atom. The van der Waals surface area contributed by atoms with Crippen molar-refractivity contribution in [1.29, 1.82) is 0 Å². The molecular formula is C10H18N2O5. The Hall–Kier alpha value is -1.34. The summed E-state index contributed by atoms with van der Waals surface area (Å²) in [7, 11) is 0. The molecule has 17 heavy (non-hydrogen) atoms. The van der Waals surface area contributed by atoms with Gasteiger partial charge in [-0.05, 0) is 20.8 Å². The minimum atomic E-state index is -1.14. The number of carbonyl (C=O) groups excluding carboxylic acids is 1. The average molecular weight is 246 g/mol. The predicted octanol–water partition coefficient (Wildman–Crippen LogP) is 0.212. The van der Waals surface area contributed by atoms with Crippen molar-refractivity contribution in [1.82, 2.24) is 10.4 Å². The molecule has 2 N–H and O–H groups in total. The van der Waals surface area contributed by atoms with Crippen molar-refractivity contribution in [3.63, 3.8) is 0 Å². The second kappa shape index (κ2) is 5.33. The van der Waals surface area contributed by atoms with Gasteiger partial charge in [-0.1, -0.05) is 0 Å². The second-order valence-corrected chi connectivity index (χ2v) is 4.66. The maximum atomic E-state index is 11.7. The Morgan fingerprint density at radius 1 is 1.59 bits per heavy atom. The summed E-state index contributed by atoms with van der Waals surface area (Å²) in [6.45, 7) is 5.97. The van der Waals surface area contributed by atoms with E-state index < -0.39 is 24.2 Å². The van der Waals surface area contributed by atoms with Crippen molar-refractivity contribution >= 4 is 12.0 Å². The van der Waals surface area contributed by atoms with Crippen molar-refractivity contribution < 1.29 is 24.3 Å². The lowest BCUT2D eigenvalue weighted by molar-refractivity contribution is -0.145. The molecule has 0 aliphatic carbocycles. The van der Waals surface area contributed by atoms with Crippen LogP contribution in [0.25, 0.3) is 0 Å². The first kappa shape index (κ1) is 13.7. The number of urea groups is 1. The summed E-state index contributed by atoms with van der Waals surface area (Å²) in [6.07, 6.45) is -0.0658. The van der Waals surface area contributed by atoms with Gasteiger partial charge in [-0.3, -0.25) is 4.84 Å². The average Bonchev–Trinajstić information content (AvgIpc) is 2.13. The van der Waals surface area contributed by atoms with E-state index in [-0.39, 0.29) is 6.10 Å². The van der Waals surface area contributed by atoms with Crippen LogP contribution in [0.3, 0.4) is 0 Å². The van der Waals surface area contributed by atoms with Crippen LogP contribution in [0.5, 0.6) is 0 Å². The number of hydrogen-bond acceptors (Lipinski definition) is 4. The molecule has 2 amide bonds. The molecule has 98 valence electrons. The Bertz CT molecular complexity index is 305. The molecule has 1 aliphatic heterocycles. The van der Waals surface area contributed by atoms with Crippen LogP contribution in [0.1, 0.15) is 20.8 Å². The highest BCUT2D eigenvalue weighted by atomic mass is 16.7. The van der Waals surface area contributed by atoms with Gasteiger partial charge in [0.25, 0.3) is 0 Å². The quantitative estimate of drug-likeness (QED) is 0.695. The molecule has 0 spiro atoms. The van der Waals surface area contributed by atoms with Crippen LogP contribution in [0.4, 0.5) is 4.79 Å². The molecule has 0 aromatic rings. The Balaban J connectivity index is 2.43. The Morgan fingerprint density at radius 2 is 2.24 bits per heavy atom. The van der Waals surface area contributed by atoms with Crippen LogP contribution in [0, 0.1) is 0 Å². The summed E-state index contributed by atoms with van der Waals surface area (Å²) in [5.74, 6) is -1.14. The van der Waals surface area contributed by atoms with E-state index in [1.165, 1.54) is 4.90 Å². The molecule has 1 unspecified atom stereocenters. The number of ether oxygens (including phenoxy) is 1. The largest absolute Gasteiger partial charge is 0.479 e. The summed E-state index contributed by atoms with van der Waals surface area (Å²) in [6, 6.07) is -0.450. The number of aliphatic carboxylic acids is 1. The first-order valence-electron chi connectivity index (χ1n) is 5.36. The van der Waals surface area contributed by atoms with Crippen LogP contribution in [0.15, 0.2) is 0 Å². The maximum absolute atomic E-state index is 11.7. The van der Waals surface area contributed by atoms with E-state index in [9.17, 15) is 9.59 Å². The lowest BCUT2D eigenvalue weighted by Crippen LogP contribution is -2.56. The zero-order valence-corrected chi connectivity index (χ0v) is 10.2. The van der Waals surface area contributed by atoms with E-state index in [2.05, 4.69) is 10.3 Å². The highest BCUT2D eigenvalue weighted by Crippen LogP contribution is 2.20. The third-order valence-electron chi connectivity index (χ3n) is 2.21. The van der Waals surface area contributed by atoms with E-state index in [4.69, 9.17) is 9.84 Å². The first-order chi connectivity index (χ1) is 7.80. The number of nitrogens with zero attached hydrogens (tertiary/aromatic N) is 1. The summed E-state index contributed by atoms with van der Waals surface area (Å²) in [4.78, 5) is 27.9. The molecule has 1 atom stereocenters. The minimum absolute atomic E-state index is 0.0658. The Labute approximate surface area is 99.6 Å². The summed E-state index contributed by atoms with van der Waals surface area (Å²) in [5.41, 5.74) is 1.68. The summed E-state index contributed by atoms with van der Waals surface area (Å²) in [5, 5.41) is 8.35. The van der Waals surface area contributed by atoms with Crippen LogP contribution in [-0.4, -0.2) is 53.4 Å². The lowest BCUT2D eigenvalue weighted by Gasteiger charge is -2.41. The van der Waals surface area contributed by atoms with E-state index in [0.29, 0.717) is 13.1 Å². The first-order valence-corrected chi connectivity index (χ1v) is 5.36. The van der Waals surface area contributed by atoms with Crippen LogP contribution < -0.4 is 5.48 Å². The van der Waals surface area contributed by atoms with Crippen molar-refractivity contribution in [2.24, 2.45) is 0 Å². The number of carboxylic acid groups (broad SMARTS) is 1. The van der Waals surface area contributed by atoms with Crippen LogP contribution in [0.2, 0.25) is 0 Å². The number of carboxylic acids is 1. The summed E-state index contributed by atoms with van der Waals surface area (Å²) < 4.78 is 5.64. The standard InChI is InChI=1S/C10H18N2O5/c1-7-4-12(6-10(2,3)17-7)9(15)11-16-5-8(13)14/h7H,4-6H2,1-3H3,(H,11,15)(H,13,14). The number of hydrogen-bond donors (Lipinski definition) is 2. The third-order valence-corrected chi connectivity index (χ3v) is 2.21. The molecular weight excluding hydrogens is 228 g/mol. The molecule has 1 heterocycles. The zero-order valence-electron chi connectivity index (χ0n) is 10.2. The fourth-order valence-electron chi connectivity index (χ4n) is 1.83. The molecule has 0 bridgehead atoms. The topological polar surface area (TPSA) is 88.1 Å².